The number of carbonyl (C=O) groups is 1. The van der Waals surface area contributed by atoms with Gasteiger partial charge in [-0.2, -0.15) is 0 Å². The van der Waals surface area contributed by atoms with E-state index in [4.69, 9.17) is 16.3 Å². The number of rotatable bonds is 5. The predicted molar refractivity (Wildman–Crippen MR) is 111 cm³/mol. The van der Waals surface area contributed by atoms with Gasteiger partial charge in [0.25, 0.3) is 0 Å². The van der Waals surface area contributed by atoms with Crippen molar-refractivity contribution in [3.63, 3.8) is 0 Å². The molecule has 0 aliphatic carbocycles. The summed E-state index contributed by atoms with van der Waals surface area (Å²) in [6.07, 6.45) is 6.32. The van der Waals surface area contributed by atoms with E-state index in [9.17, 15) is 9.18 Å². The van der Waals surface area contributed by atoms with Crippen LogP contribution < -0.4 is 9.64 Å². The van der Waals surface area contributed by atoms with Gasteiger partial charge in [-0.15, -0.1) is 0 Å². The topological polar surface area (TPSA) is 36.0 Å². The van der Waals surface area contributed by atoms with Gasteiger partial charge in [0.1, 0.15) is 5.75 Å². The second-order valence-electron chi connectivity index (χ2n) is 7.01. The van der Waals surface area contributed by atoms with Gasteiger partial charge in [0.2, 0.25) is 5.91 Å². The third-order valence-corrected chi connectivity index (χ3v) is 5.46. The van der Waals surface area contributed by atoms with Crippen molar-refractivity contribution in [3.05, 3.63) is 78.4 Å². The van der Waals surface area contributed by atoms with Crippen LogP contribution in [0.1, 0.15) is 6.42 Å². The van der Waals surface area contributed by atoms with Crippen LogP contribution in [-0.4, -0.2) is 41.5 Å². The Morgan fingerprint density at radius 2 is 2.07 bits per heavy atom. The zero-order chi connectivity index (χ0) is 20.4. The van der Waals surface area contributed by atoms with Crippen molar-refractivity contribution >= 4 is 23.2 Å². The molecule has 0 unspecified atom stereocenters. The minimum Gasteiger partial charge on any atom is -0.454 e. The van der Waals surface area contributed by atoms with E-state index < -0.39 is 5.82 Å². The molecule has 1 amide bonds. The minimum absolute atomic E-state index is 0.0226. The van der Waals surface area contributed by atoms with Crippen molar-refractivity contribution in [2.24, 2.45) is 0 Å². The number of halogens is 2. The van der Waals surface area contributed by atoms with E-state index in [2.05, 4.69) is 16.4 Å². The zero-order valence-corrected chi connectivity index (χ0v) is 16.6. The van der Waals surface area contributed by atoms with Gasteiger partial charge in [-0.05, 0) is 36.8 Å². The van der Waals surface area contributed by atoms with Gasteiger partial charge in [0.05, 0.1) is 11.7 Å². The monoisotopic (exact) mass is 413 g/mol. The van der Waals surface area contributed by atoms with Gasteiger partial charge < -0.3 is 19.4 Å². The Balaban J connectivity index is 1.42. The number of carbonyl (C=O) groups excluding carboxylic acids is 1. The fraction of sp³-hybridized carbons (Fsp3) is 0.227. The first-order valence-electron chi connectivity index (χ1n) is 9.39. The first-order chi connectivity index (χ1) is 14.0. The highest BCUT2D eigenvalue weighted by Crippen LogP contribution is 2.32. The van der Waals surface area contributed by atoms with Gasteiger partial charge in [0, 0.05) is 43.3 Å². The molecule has 7 heteroatoms. The largest absolute Gasteiger partial charge is 0.454 e. The molecular formula is C22H21ClFN3O2. The van der Waals surface area contributed by atoms with E-state index in [0.29, 0.717) is 19.0 Å². The second kappa shape index (κ2) is 8.17. The molecule has 29 heavy (non-hydrogen) atoms. The molecule has 2 aromatic carbocycles. The Morgan fingerprint density at radius 3 is 2.90 bits per heavy atom. The number of amides is 1. The van der Waals surface area contributed by atoms with E-state index >= 15 is 0 Å². The van der Waals surface area contributed by atoms with Crippen LogP contribution in [0.25, 0.3) is 0 Å². The molecule has 0 saturated carbocycles. The van der Waals surface area contributed by atoms with Crippen LogP contribution in [0.5, 0.6) is 11.5 Å². The molecule has 2 aliphatic heterocycles. The Labute approximate surface area is 174 Å². The van der Waals surface area contributed by atoms with Crippen LogP contribution in [0.4, 0.5) is 10.1 Å². The average Bonchev–Trinajstić information content (AvgIpc) is 3.41. The molecule has 0 radical (unpaired) electrons. The highest BCUT2D eigenvalue weighted by Gasteiger charge is 2.30. The van der Waals surface area contributed by atoms with Gasteiger partial charge in [-0.25, -0.2) is 4.39 Å². The molecule has 2 aliphatic rings. The van der Waals surface area contributed by atoms with Crippen molar-refractivity contribution in [1.82, 2.24) is 9.80 Å². The molecule has 0 bridgehead atoms. The normalized spacial score (nSPS) is 18.4. The standard InChI is InChI=1S/C22H21ClFN3O2/c1-2-21(28)25-10-9-17(14-25)27-12-11-26(15-27)16-5-3-6-18(13-16)29-20-8-4-7-19(23)22(20)24/h2-8,11-13,17H,1,9-10,14-15H2/t17-/m1/s1. The van der Waals surface area contributed by atoms with Crippen molar-refractivity contribution in [2.75, 3.05) is 24.7 Å². The molecular weight excluding hydrogens is 393 g/mol. The SMILES string of the molecule is C=CC(=O)N1CC[C@@H](N2C=CN(c3cccc(Oc4cccc(Cl)c4F)c3)C2)C1. The number of hydrogen-bond donors (Lipinski definition) is 0. The Hall–Kier alpha value is -2.99. The number of likely N-dealkylation sites (tertiary alicyclic amines) is 1. The molecule has 1 atom stereocenters. The van der Waals surface area contributed by atoms with Crippen LogP contribution in [0, 0.1) is 5.82 Å². The summed E-state index contributed by atoms with van der Waals surface area (Å²) in [4.78, 5) is 17.9. The summed E-state index contributed by atoms with van der Waals surface area (Å²) in [5.41, 5.74) is 0.931. The highest BCUT2D eigenvalue weighted by atomic mass is 35.5. The summed E-state index contributed by atoms with van der Waals surface area (Å²) in [5, 5.41) is 0.0253. The summed E-state index contributed by atoms with van der Waals surface area (Å²) in [6, 6.07) is 12.4. The number of anilines is 1. The van der Waals surface area contributed by atoms with E-state index in [1.54, 1.807) is 18.2 Å². The lowest BCUT2D eigenvalue weighted by molar-refractivity contribution is -0.125. The van der Waals surface area contributed by atoms with E-state index in [0.717, 1.165) is 18.7 Å². The number of ether oxygens (including phenoxy) is 1. The number of benzene rings is 2. The molecule has 1 saturated heterocycles. The smallest absolute Gasteiger partial charge is 0.246 e. The molecule has 1 fully saturated rings. The van der Waals surface area contributed by atoms with Crippen molar-refractivity contribution in [2.45, 2.75) is 12.5 Å². The van der Waals surface area contributed by atoms with Crippen molar-refractivity contribution in [3.8, 4) is 11.5 Å². The highest BCUT2D eigenvalue weighted by molar-refractivity contribution is 6.30. The van der Waals surface area contributed by atoms with Crippen molar-refractivity contribution < 1.29 is 13.9 Å². The second-order valence-corrected chi connectivity index (χ2v) is 7.41. The average molecular weight is 414 g/mol. The quantitative estimate of drug-likeness (QED) is 0.671. The molecule has 0 spiro atoms. The zero-order valence-electron chi connectivity index (χ0n) is 15.8. The van der Waals surface area contributed by atoms with E-state index in [-0.39, 0.29) is 22.7 Å². The van der Waals surface area contributed by atoms with Crippen LogP contribution >= 0.6 is 11.6 Å². The van der Waals surface area contributed by atoms with Gasteiger partial charge in [-0.1, -0.05) is 30.3 Å². The fourth-order valence-corrected chi connectivity index (χ4v) is 3.76. The Bertz CT molecular complexity index is 965. The molecule has 4 rings (SSSR count). The summed E-state index contributed by atoms with van der Waals surface area (Å²) in [6.45, 7) is 5.67. The Morgan fingerprint density at radius 1 is 1.24 bits per heavy atom. The fourth-order valence-electron chi connectivity index (χ4n) is 3.60. The summed E-state index contributed by atoms with van der Waals surface area (Å²) < 4.78 is 19.8. The first-order valence-corrected chi connectivity index (χ1v) is 9.77. The minimum atomic E-state index is -0.577. The van der Waals surface area contributed by atoms with Crippen LogP contribution in [0.15, 0.2) is 67.5 Å². The van der Waals surface area contributed by atoms with Crippen molar-refractivity contribution in [1.29, 1.82) is 0 Å². The molecule has 2 heterocycles. The van der Waals surface area contributed by atoms with Gasteiger partial charge in [-0.3, -0.25) is 4.79 Å². The molecule has 0 aromatic heterocycles. The van der Waals surface area contributed by atoms with E-state index in [1.807, 2.05) is 35.5 Å². The number of nitrogens with zero attached hydrogens (tertiary/aromatic N) is 3. The lowest BCUT2D eigenvalue weighted by atomic mass is 10.2. The molecule has 2 aromatic rings. The summed E-state index contributed by atoms with van der Waals surface area (Å²) in [5.74, 6) is 0.0163. The molecule has 0 N–H and O–H groups in total. The predicted octanol–water partition coefficient (Wildman–Crippen LogP) is 4.61. The lowest BCUT2D eigenvalue weighted by Crippen LogP contribution is -2.37. The maximum Gasteiger partial charge on any atom is 0.246 e. The molecule has 5 nitrogen and oxygen atoms in total. The van der Waals surface area contributed by atoms with Crippen LogP contribution in [0.3, 0.4) is 0 Å². The van der Waals surface area contributed by atoms with Gasteiger partial charge in [0.15, 0.2) is 11.6 Å². The lowest BCUT2D eigenvalue weighted by Gasteiger charge is -2.27. The first kappa shape index (κ1) is 19.3. The van der Waals surface area contributed by atoms with Crippen LogP contribution in [0.2, 0.25) is 5.02 Å². The maximum absolute atomic E-state index is 14.1. The molecule has 150 valence electrons. The van der Waals surface area contributed by atoms with Crippen LogP contribution in [-0.2, 0) is 4.79 Å². The maximum atomic E-state index is 14.1. The third kappa shape index (κ3) is 4.07. The third-order valence-electron chi connectivity index (χ3n) is 5.17. The Kier molecular flexibility index (Phi) is 5.45. The van der Waals surface area contributed by atoms with E-state index in [1.165, 1.54) is 12.1 Å². The summed E-state index contributed by atoms with van der Waals surface area (Å²) >= 11 is 5.82. The number of hydrogen-bond acceptors (Lipinski definition) is 4. The van der Waals surface area contributed by atoms with Gasteiger partial charge >= 0.3 is 0 Å². The summed E-state index contributed by atoms with van der Waals surface area (Å²) in [7, 11) is 0.